The molecule has 2 aliphatic rings. The Kier molecular flexibility index (Phi) is 3.86. The zero-order valence-electron chi connectivity index (χ0n) is 9.40. The molecule has 2 fully saturated rings. The molecule has 0 aromatic rings. The number of halogens is 1. The Morgan fingerprint density at radius 2 is 2.07 bits per heavy atom. The van der Waals surface area contributed by atoms with Gasteiger partial charge in [0.25, 0.3) is 0 Å². The van der Waals surface area contributed by atoms with Gasteiger partial charge in [0.05, 0.1) is 0 Å². The quantitative estimate of drug-likeness (QED) is 0.831. The average molecular weight is 273 g/mol. The molecule has 86 valence electrons. The van der Waals surface area contributed by atoms with E-state index in [1.54, 1.807) is 0 Å². The summed E-state index contributed by atoms with van der Waals surface area (Å²) in [6.07, 6.45) is 6.78. The molecule has 1 aliphatic carbocycles. The van der Waals surface area contributed by atoms with Crippen LogP contribution < -0.4 is 5.32 Å². The minimum absolute atomic E-state index is 0.430. The van der Waals surface area contributed by atoms with Crippen LogP contribution in [0.15, 0.2) is 11.1 Å². The van der Waals surface area contributed by atoms with Crippen LogP contribution in [0.5, 0.6) is 0 Å². The van der Waals surface area contributed by atoms with Crippen molar-refractivity contribution in [3.63, 3.8) is 0 Å². The summed E-state index contributed by atoms with van der Waals surface area (Å²) in [5, 5.41) is 3.77. The molecule has 1 N–H and O–H groups in total. The maximum Gasteiger partial charge on any atom is 0.0308 e. The van der Waals surface area contributed by atoms with Crippen LogP contribution in [-0.2, 0) is 0 Å². The average Bonchev–Trinajstić information content (AvgIpc) is 2.50. The Labute approximate surface area is 101 Å². The second-order valence-electron chi connectivity index (χ2n) is 5.00. The van der Waals surface area contributed by atoms with Gasteiger partial charge in [-0.3, -0.25) is 4.90 Å². The fourth-order valence-electron chi connectivity index (χ4n) is 2.98. The summed E-state index contributed by atoms with van der Waals surface area (Å²) in [6, 6.07) is 0. The molecule has 0 unspecified atom stereocenters. The predicted octanol–water partition coefficient (Wildman–Crippen LogP) is 2.50. The Balaban J connectivity index is 1.98. The number of hydrogen-bond acceptors (Lipinski definition) is 2. The van der Waals surface area contributed by atoms with Crippen LogP contribution in [0.25, 0.3) is 0 Å². The normalized spacial score (nSPS) is 26.7. The zero-order valence-corrected chi connectivity index (χ0v) is 11.0. The largest absolute Gasteiger partial charge is 0.310 e. The summed E-state index contributed by atoms with van der Waals surface area (Å²) in [7, 11) is 0. The number of rotatable bonds is 2. The van der Waals surface area contributed by atoms with E-state index in [4.69, 9.17) is 0 Å². The molecule has 0 bridgehead atoms. The highest BCUT2D eigenvalue weighted by Crippen LogP contribution is 2.31. The van der Waals surface area contributed by atoms with Crippen LogP contribution in [0.3, 0.4) is 0 Å². The van der Waals surface area contributed by atoms with Crippen molar-refractivity contribution < 1.29 is 0 Å². The van der Waals surface area contributed by atoms with Gasteiger partial charge in [0.1, 0.15) is 0 Å². The highest BCUT2D eigenvalue weighted by atomic mass is 79.9. The van der Waals surface area contributed by atoms with Crippen LogP contribution in [-0.4, -0.2) is 36.6 Å². The van der Waals surface area contributed by atoms with Gasteiger partial charge in [-0.1, -0.05) is 35.4 Å². The van der Waals surface area contributed by atoms with E-state index in [0.717, 1.165) is 11.0 Å². The van der Waals surface area contributed by atoms with E-state index in [0.29, 0.717) is 5.54 Å². The monoisotopic (exact) mass is 272 g/mol. The first-order chi connectivity index (χ1) is 7.20. The molecule has 0 amide bonds. The Morgan fingerprint density at radius 1 is 1.33 bits per heavy atom. The first-order valence-corrected chi connectivity index (χ1v) is 6.80. The minimum Gasteiger partial charge on any atom is -0.310 e. The Morgan fingerprint density at radius 3 is 2.73 bits per heavy atom. The van der Waals surface area contributed by atoms with Gasteiger partial charge in [-0.2, -0.15) is 0 Å². The molecule has 1 saturated carbocycles. The van der Waals surface area contributed by atoms with Gasteiger partial charge in [0, 0.05) is 23.1 Å². The smallest absolute Gasteiger partial charge is 0.0308 e. The van der Waals surface area contributed by atoms with Crippen LogP contribution in [0.4, 0.5) is 0 Å². The molecule has 0 aromatic carbocycles. The molecule has 2 rings (SSSR count). The summed E-state index contributed by atoms with van der Waals surface area (Å²) < 4.78 is 1.11. The first kappa shape index (κ1) is 11.6. The molecule has 1 spiro atoms. The molecule has 3 heteroatoms. The van der Waals surface area contributed by atoms with E-state index in [-0.39, 0.29) is 0 Å². The number of nitrogens with zero attached hydrogens (tertiary/aromatic N) is 1. The fraction of sp³-hybridized carbons (Fsp3) is 0.833. The third-order valence-electron chi connectivity index (χ3n) is 3.63. The maximum atomic E-state index is 3.95. The zero-order chi connectivity index (χ0) is 10.7. The van der Waals surface area contributed by atoms with Crippen LogP contribution in [0.1, 0.15) is 32.1 Å². The lowest BCUT2D eigenvalue weighted by Gasteiger charge is -2.33. The van der Waals surface area contributed by atoms with Gasteiger partial charge < -0.3 is 5.32 Å². The molecule has 0 radical (unpaired) electrons. The topological polar surface area (TPSA) is 15.3 Å². The summed E-state index contributed by atoms with van der Waals surface area (Å²) >= 11 is 3.48. The van der Waals surface area contributed by atoms with Gasteiger partial charge in [-0.15, -0.1) is 0 Å². The van der Waals surface area contributed by atoms with Crippen molar-refractivity contribution in [3.8, 4) is 0 Å². The van der Waals surface area contributed by atoms with Crippen LogP contribution in [0.2, 0.25) is 0 Å². The second kappa shape index (κ2) is 4.98. The van der Waals surface area contributed by atoms with Crippen molar-refractivity contribution in [2.45, 2.75) is 37.6 Å². The molecule has 1 heterocycles. The minimum atomic E-state index is 0.430. The van der Waals surface area contributed by atoms with Gasteiger partial charge in [0.15, 0.2) is 0 Å². The van der Waals surface area contributed by atoms with Gasteiger partial charge in [0.2, 0.25) is 0 Å². The van der Waals surface area contributed by atoms with Crippen LogP contribution in [0, 0.1) is 0 Å². The van der Waals surface area contributed by atoms with E-state index in [9.17, 15) is 0 Å². The lowest BCUT2D eigenvalue weighted by molar-refractivity contribution is 0.226. The van der Waals surface area contributed by atoms with E-state index in [1.807, 2.05) is 0 Å². The molecule has 1 saturated heterocycles. The highest BCUT2D eigenvalue weighted by Gasteiger charge is 2.36. The van der Waals surface area contributed by atoms with Crippen molar-refractivity contribution in [1.29, 1.82) is 0 Å². The van der Waals surface area contributed by atoms with E-state index in [1.165, 1.54) is 51.7 Å². The molecule has 0 aromatic heterocycles. The van der Waals surface area contributed by atoms with Crippen LogP contribution >= 0.6 is 15.9 Å². The third-order valence-corrected chi connectivity index (χ3v) is 3.88. The summed E-state index contributed by atoms with van der Waals surface area (Å²) in [6.45, 7) is 8.55. The molecular weight excluding hydrogens is 252 g/mol. The third kappa shape index (κ3) is 3.05. The van der Waals surface area contributed by atoms with E-state index < -0.39 is 0 Å². The molecule has 0 atom stereocenters. The van der Waals surface area contributed by atoms with Crippen molar-refractivity contribution >= 4 is 15.9 Å². The molecule has 15 heavy (non-hydrogen) atoms. The fourth-order valence-corrected chi connectivity index (χ4v) is 3.34. The lowest BCUT2D eigenvalue weighted by Crippen LogP contribution is -2.49. The second-order valence-corrected chi connectivity index (χ2v) is 6.12. The highest BCUT2D eigenvalue weighted by molar-refractivity contribution is 9.11. The predicted molar refractivity (Wildman–Crippen MR) is 68.3 cm³/mol. The van der Waals surface area contributed by atoms with Crippen molar-refractivity contribution in [1.82, 2.24) is 10.2 Å². The Bertz CT molecular complexity index is 234. The first-order valence-electron chi connectivity index (χ1n) is 6.01. The SMILES string of the molecule is C=C(Br)CN1CCCNC2(CCCC2)C1. The standard InChI is InChI=1S/C12H21BrN2/c1-11(13)9-15-8-4-7-14-12(10-15)5-2-3-6-12/h14H,1-10H2. The van der Waals surface area contributed by atoms with Crippen molar-refractivity contribution in [3.05, 3.63) is 11.1 Å². The van der Waals surface area contributed by atoms with Gasteiger partial charge in [-0.25, -0.2) is 0 Å². The van der Waals surface area contributed by atoms with Gasteiger partial charge in [-0.05, 0) is 32.4 Å². The van der Waals surface area contributed by atoms with Crippen molar-refractivity contribution in [2.75, 3.05) is 26.2 Å². The molecule has 1 aliphatic heterocycles. The maximum absolute atomic E-state index is 3.95. The molecule has 2 nitrogen and oxygen atoms in total. The summed E-state index contributed by atoms with van der Waals surface area (Å²) in [5.74, 6) is 0. The summed E-state index contributed by atoms with van der Waals surface area (Å²) in [4.78, 5) is 2.54. The lowest BCUT2D eigenvalue weighted by atomic mass is 9.97. The van der Waals surface area contributed by atoms with E-state index in [2.05, 4.69) is 32.7 Å². The van der Waals surface area contributed by atoms with Gasteiger partial charge >= 0.3 is 0 Å². The molecular formula is C12H21BrN2. The summed E-state index contributed by atoms with van der Waals surface area (Å²) in [5.41, 5.74) is 0.430. The number of nitrogens with one attached hydrogen (secondary N) is 1. The Hall–Kier alpha value is 0.140. The van der Waals surface area contributed by atoms with Crippen molar-refractivity contribution in [2.24, 2.45) is 0 Å². The number of hydrogen-bond donors (Lipinski definition) is 1. The van der Waals surface area contributed by atoms with E-state index >= 15 is 0 Å².